The minimum absolute atomic E-state index is 0.0794. The van der Waals surface area contributed by atoms with E-state index in [1.165, 1.54) is 6.07 Å². The number of nitrogens with one attached hydrogen (secondary N) is 1. The van der Waals surface area contributed by atoms with Gasteiger partial charge in [-0.3, -0.25) is 0 Å². The fourth-order valence-electron chi connectivity index (χ4n) is 1.98. The summed E-state index contributed by atoms with van der Waals surface area (Å²) in [6.45, 7) is 1.93. The van der Waals surface area contributed by atoms with E-state index in [4.69, 9.17) is 10.9 Å². The van der Waals surface area contributed by atoms with E-state index >= 15 is 0 Å². The molecule has 5 N–H and O–H groups in total. The predicted molar refractivity (Wildman–Crippen MR) is 80.7 cm³/mol. The Bertz CT molecular complexity index is 714. The van der Waals surface area contributed by atoms with E-state index in [9.17, 15) is 8.42 Å². The van der Waals surface area contributed by atoms with Crippen LogP contribution in [0.2, 0.25) is 0 Å². The highest BCUT2D eigenvalue weighted by Gasteiger charge is 2.15. The molecule has 5 nitrogen and oxygen atoms in total. The number of benzene rings is 2. The third kappa shape index (κ3) is 3.28. The molecule has 0 bridgehead atoms. The lowest BCUT2D eigenvalue weighted by molar-refractivity contribution is 0.598. The third-order valence-electron chi connectivity index (χ3n) is 2.98. The lowest BCUT2D eigenvalue weighted by Gasteiger charge is -2.18. The van der Waals surface area contributed by atoms with Gasteiger partial charge in [0, 0.05) is 11.7 Å². The van der Waals surface area contributed by atoms with Gasteiger partial charge in [0.15, 0.2) is 0 Å². The van der Waals surface area contributed by atoms with Crippen molar-refractivity contribution in [1.29, 1.82) is 0 Å². The molecule has 20 heavy (non-hydrogen) atoms. The van der Waals surface area contributed by atoms with E-state index in [-0.39, 0.29) is 10.9 Å². The molecule has 0 aromatic heterocycles. The summed E-state index contributed by atoms with van der Waals surface area (Å²) >= 11 is 0. The van der Waals surface area contributed by atoms with Gasteiger partial charge in [0.05, 0.1) is 5.69 Å². The number of primary sulfonamides is 1. The molecular formula is C14H17N3O2S. The van der Waals surface area contributed by atoms with Crippen LogP contribution in [0.3, 0.4) is 0 Å². The first-order valence-corrected chi connectivity index (χ1v) is 7.66. The van der Waals surface area contributed by atoms with Crippen molar-refractivity contribution in [1.82, 2.24) is 0 Å². The van der Waals surface area contributed by atoms with Crippen molar-refractivity contribution in [3.63, 3.8) is 0 Å². The summed E-state index contributed by atoms with van der Waals surface area (Å²) in [6.07, 6.45) is 0. The van der Waals surface area contributed by atoms with Crippen molar-refractivity contribution in [3.8, 4) is 0 Å². The van der Waals surface area contributed by atoms with Gasteiger partial charge in [-0.1, -0.05) is 24.3 Å². The molecule has 0 amide bonds. The minimum atomic E-state index is -3.76. The summed E-state index contributed by atoms with van der Waals surface area (Å²) in [4.78, 5) is 0.0794. The molecule has 0 heterocycles. The first kappa shape index (κ1) is 14.4. The van der Waals surface area contributed by atoms with Crippen LogP contribution in [-0.4, -0.2) is 8.42 Å². The molecule has 0 radical (unpaired) electrons. The van der Waals surface area contributed by atoms with Crippen LogP contribution >= 0.6 is 0 Å². The number of nitrogens with two attached hydrogens (primary N) is 2. The zero-order valence-corrected chi connectivity index (χ0v) is 11.9. The van der Waals surface area contributed by atoms with Gasteiger partial charge in [0.25, 0.3) is 0 Å². The summed E-state index contributed by atoms with van der Waals surface area (Å²) in [5, 5.41) is 8.35. The molecule has 0 fully saturated rings. The van der Waals surface area contributed by atoms with Crippen LogP contribution in [0, 0.1) is 0 Å². The Morgan fingerprint density at radius 2 is 1.80 bits per heavy atom. The summed E-state index contributed by atoms with van der Waals surface area (Å²) in [7, 11) is -3.76. The first-order chi connectivity index (χ1) is 9.38. The Hall–Kier alpha value is -2.05. The SMILES string of the molecule is CC(Nc1ccccc1S(N)(=O)=O)c1cccc(N)c1. The molecule has 0 spiro atoms. The number of anilines is 2. The van der Waals surface area contributed by atoms with E-state index in [1.54, 1.807) is 24.3 Å². The van der Waals surface area contributed by atoms with Gasteiger partial charge < -0.3 is 11.1 Å². The average Bonchev–Trinajstić information content (AvgIpc) is 2.38. The molecular weight excluding hydrogens is 274 g/mol. The van der Waals surface area contributed by atoms with Crippen molar-refractivity contribution in [2.75, 3.05) is 11.1 Å². The van der Waals surface area contributed by atoms with Crippen molar-refractivity contribution < 1.29 is 8.42 Å². The maximum atomic E-state index is 11.5. The number of nitrogen functional groups attached to an aromatic ring is 1. The highest BCUT2D eigenvalue weighted by Crippen LogP contribution is 2.25. The van der Waals surface area contributed by atoms with Crippen molar-refractivity contribution >= 4 is 21.4 Å². The maximum absolute atomic E-state index is 11.5. The number of para-hydroxylation sites is 1. The van der Waals surface area contributed by atoms with Crippen molar-refractivity contribution in [3.05, 3.63) is 54.1 Å². The smallest absolute Gasteiger partial charge is 0.240 e. The monoisotopic (exact) mass is 291 g/mol. The third-order valence-corrected chi connectivity index (χ3v) is 3.95. The topological polar surface area (TPSA) is 98.2 Å². The standard InChI is InChI=1S/C14H17N3O2S/c1-10(11-5-4-6-12(15)9-11)17-13-7-2-3-8-14(13)20(16,18)19/h2-10,17H,15H2,1H3,(H2,16,18,19). The molecule has 106 valence electrons. The number of hydrogen-bond donors (Lipinski definition) is 3. The highest BCUT2D eigenvalue weighted by atomic mass is 32.2. The van der Waals surface area contributed by atoms with Crippen LogP contribution in [0.1, 0.15) is 18.5 Å². The van der Waals surface area contributed by atoms with E-state index in [1.807, 2.05) is 25.1 Å². The van der Waals surface area contributed by atoms with E-state index in [2.05, 4.69) is 5.32 Å². The zero-order valence-electron chi connectivity index (χ0n) is 11.1. The Kier molecular flexibility index (Phi) is 3.96. The lowest BCUT2D eigenvalue weighted by Crippen LogP contribution is -2.16. The van der Waals surface area contributed by atoms with Gasteiger partial charge in [-0.2, -0.15) is 0 Å². The van der Waals surface area contributed by atoms with Crippen LogP contribution in [0.15, 0.2) is 53.4 Å². The summed E-state index contributed by atoms with van der Waals surface area (Å²) in [6, 6.07) is 13.9. The molecule has 2 aromatic carbocycles. The average molecular weight is 291 g/mol. The Morgan fingerprint density at radius 3 is 2.45 bits per heavy atom. The van der Waals surface area contributed by atoms with Crippen LogP contribution < -0.4 is 16.2 Å². The van der Waals surface area contributed by atoms with Gasteiger partial charge in [0.2, 0.25) is 10.0 Å². The molecule has 2 rings (SSSR count). The second-order valence-electron chi connectivity index (χ2n) is 4.58. The lowest BCUT2D eigenvalue weighted by atomic mass is 10.1. The fraction of sp³-hybridized carbons (Fsp3) is 0.143. The quantitative estimate of drug-likeness (QED) is 0.751. The fourth-order valence-corrected chi connectivity index (χ4v) is 2.68. The minimum Gasteiger partial charge on any atom is -0.399 e. The van der Waals surface area contributed by atoms with Crippen molar-refractivity contribution in [2.45, 2.75) is 17.9 Å². The summed E-state index contributed by atoms with van der Waals surface area (Å²) < 4.78 is 23.1. The van der Waals surface area contributed by atoms with Gasteiger partial charge in [0.1, 0.15) is 4.90 Å². The van der Waals surface area contributed by atoms with Crippen LogP contribution in [0.25, 0.3) is 0 Å². The van der Waals surface area contributed by atoms with Gasteiger partial charge in [-0.05, 0) is 36.8 Å². The van der Waals surface area contributed by atoms with Crippen LogP contribution in [-0.2, 0) is 10.0 Å². The summed E-state index contributed by atoms with van der Waals surface area (Å²) in [5.41, 5.74) is 7.85. The van der Waals surface area contributed by atoms with Gasteiger partial charge in [-0.15, -0.1) is 0 Å². The molecule has 1 unspecified atom stereocenters. The first-order valence-electron chi connectivity index (χ1n) is 6.12. The molecule has 0 aliphatic rings. The molecule has 6 heteroatoms. The van der Waals surface area contributed by atoms with E-state index in [0.29, 0.717) is 11.4 Å². The number of hydrogen-bond acceptors (Lipinski definition) is 4. The molecule has 0 saturated carbocycles. The Morgan fingerprint density at radius 1 is 1.10 bits per heavy atom. The van der Waals surface area contributed by atoms with Crippen LogP contribution in [0.5, 0.6) is 0 Å². The molecule has 2 aromatic rings. The second-order valence-corrected chi connectivity index (χ2v) is 6.11. The zero-order chi connectivity index (χ0) is 14.8. The molecule has 0 saturated heterocycles. The maximum Gasteiger partial charge on any atom is 0.240 e. The van der Waals surface area contributed by atoms with E-state index < -0.39 is 10.0 Å². The van der Waals surface area contributed by atoms with Crippen LogP contribution in [0.4, 0.5) is 11.4 Å². The number of sulfonamides is 1. The second kappa shape index (κ2) is 5.52. The Balaban J connectivity index is 2.31. The molecule has 0 aliphatic carbocycles. The van der Waals surface area contributed by atoms with Crippen molar-refractivity contribution in [2.24, 2.45) is 5.14 Å². The molecule has 1 atom stereocenters. The van der Waals surface area contributed by atoms with Gasteiger partial charge in [-0.25, -0.2) is 13.6 Å². The highest BCUT2D eigenvalue weighted by molar-refractivity contribution is 7.89. The summed E-state index contributed by atoms with van der Waals surface area (Å²) in [5.74, 6) is 0. The molecule has 0 aliphatic heterocycles. The van der Waals surface area contributed by atoms with Gasteiger partial charge >= 0.3 is 0 Å². The van der Waals surface area contributed by atoms with E-state index in [0.717, 1.165) is 5.56 Å². The Labute approximate surface area is 118 Å². The predicted octanol–water partition coefficient (Wildman–Crippen LogP) is 2.09. The largest absolute Gasteiger partial charge is 0.399 e. The normalized spacial score (nSPS) is 12.9. The number of rotatable bonds is 4.